The van der Waals surface area contributed by atoms with Crippen LogP contribution in [0.4, 0.5) is 5.69 Å². The van der Waals surface area contributed by atoms with Crippen LogP contribution in [0, 0.1) is 6.92 Å². The fourth-order valence-corrected chi connectivity index (χ4v) is 2.15. The minimum absolute atomic E-state index is 0.0185. The highest BCUT2D eigenvalue weighted by molar-refractivity contribution is 9.10. The maximum Gasteiger partial charge on any atom is 0.264 e. The Morgan fingerprint density at radius 1 is 1.50 bits per heavy atom. The van der Waals surface area contributed by atoms with Gasteiger partial charge in [0.05, 0.1) is 10.2 Å². The van der Waals surface area contributed by atoms with Crippen molar-refractivity contribution in [1.82, 2.24) is 0 Å². The van der Waals surface area contributed by atoms with Gasteiger partial charge in [-0.25, -0.2) is 0 Å². The Morgan fingerprint density at radius 2 is 2.21 bits per heavy atom. The SMILES string of the molecule is Cc1cc(Br)c2c(c1)N(C)C(=O)CO2. The van der Waals surface area contributed by atoms with Crippen LogP contribution in [0.25, 0.3) is 0 Å². The van der Waals surface area contributed by atoms with E-state index in [1.165, 1.54) is 0 Å². The van der Waals surface area contributed by atoms with Gasteiger partial charge < -0.3 is 9.64 Å². The Bertz CT molecular complexity index is 403. The number of fused-ring (bicyclic) bond motifs is 1. The van der Waals surface area contributed by atoms with Gasteiger partial charge in [0, 0.05) is 7.05 Å². The maximum absolute atomic E-state index is 11.4. The van der Waals surface area contributed by atoms with Crippen LogP contribution in [0.5, 0.6) is 5.75 Å². The molecule has 1 aromatic carbocycles. The lowest BCUT2D eigenvalue weighted by atomic mass is 10.2. The second-order valence-electron chi connectivity index (χ2n) is 3.34. The van der Waals surface area contributed by atoms with Gasteiger partial charge in [0.1, 0.15) is 0 Å². The molecule has 0 aliphatic carbocycles. The number of rotatable bonds is 0. The zero-order valence-corrected chi connectivity index (χ0v) is 9.59. The molecule has 4 heteroatoms. The second-order valence-corrected chi connectivity index (χ2v) is 4.19. The molecule has 3 nitrogen and oxygen atoms in total. The normalized spacial score (nSPS) is 15.1. The van der Waals surface area contributed by atoms with Gasteiger partial charge in [0.2, 0.25) is 0 Å². The fourth-order valence-electron chi connectivity index (χ4n) is 1.47. The summed E-state index contributed by atoms with van der Waals surface area (Å²) < 4.78 is 6.25. The number of carbonyl (C=O) groups excluding carboxylic acids is 1. The zero-order chi connectivity index (χ0) is 10.3. The highest BCUT2D eigenvalue weighted by Gasteiger charge is 2.24. The number of benzene rings is 1. The van der Waals surface area contributed by atoms with Crippen LogP contribution < -0.4 is 9.64 Å². The number of anilines is 1. The third-order valence-corrected chi connectivity index (χ3v) is 2.83. The van der Waals surface area contributed by atoms with E-state index >= 15 is 0 Å². The van der Waals surface area contributed by atoms with Gasteiger partial charge in [-0.3, -0.25) is 4.79 Å². The van der Waals surface area contributed by atoms with Crippen molar-refractivity contribution in [1.29, 1.82) is 0 Å². The van der Waals surface area contributed by atoms with Crippen LogP contribution in [-0.2, 0) is 4.79 Å². The summed E-state index contributed by atoms with van der Waals surface area (Å²) in [6.45, 7) is 2.10. The molecule has 0 spiro atoms. The van der Waals surface area contributed by atoms with Gasteiger partial charge in [-0.2, -0.15) is 0 Å². The third kappa shape index (κ3) is 1.39. The van der Waals surface area contributed by atoms with Crippen molar-refractivity contribution in [2.75, 3.05) is 18.6 Å². The molecule has 0 unspecified atom stereocenters. The third-order valence-electron chi connectivity index (χ3n) is 2.24. The molecule has 1 amide bonds. The first-order chi connectivity index (χ1) is 6.59. The molecule has 1 aliphatic heterocycles. The van der Waals surface area contributed by atoms with E-state index in [0.717, 1.165) is 21.5 Å². The highest BCUT2D eigenvalue weighted by atomic mass is 79.9. The predicted octanol–water partition coefficient (Wildman–Crippen LogP) is 2.11. The van der Waals surface area contributed by atoms with E-state index in [4.69, 9.17) is 4.74 Å². The minimum Gasteiger partial charge on any atom is -0.480 e. The molecule has 0 saturated carbocycles. The van der Waals surface area contributed by atoms with Gasteiger partial charge >= 0.3 is 0 Å². The van der Waals surface area contributed by atoms with E-state index in [1.807, 2.05) is 19.1 Å². The highest BCUT2D eigenvalue weighted by Crippen LogP contribution is 2.38. The standard InChI is InChI=1S/C10H10BrNO2/c1-6-3-7(11)10-8(4-6)12(2)9(13)5-14-10/h3-4H,5H2,1-2H3. The number of amides is 1. The lowest BCUT2D eigenvalue weighted by Gasteiger charge is -2.27. The minimum atomic E-state index is -0.0185. The molecule has 0 bridgehead atoms. The van der Waals surface area contributed by atoms with Crippen molar-refractivity contribution >= 4 is 27.5 Å². The summed E-state index contributed by atoms with van der Waals surface area (Å²) in [7, 11) is 1.76. The summed E-state index contributed by atoms with van der Waals surface area (Å²) in [5, 5.41) is 0. The van der Waals surface area contributed by atoms with E-state index in [1.54, 1.807) is 11.9 Å². The van der Waals surface area contributed by atoms with Gasteiger partial charge in [-0.1, -0.05) is 0 Å². The number of halogens is 1. The molecule has 0 N–H and O–H groups in total. The Hall–Kier alpha value is -1.03. The quantitative estimate of drug-likeness (QED) is 0.711. The van der Waals surface area contributed by atoms with Crippen molar-refractivity contribution in [3.8, 4) is 5.75 Å². The average molecular weight is 256 g/mol. The van der Waals surface area contributed by atoms with Crippen molar-refractivity contribution in [2.45, 2.75) is 6.92 Å². The Balaban J connectivity index is 2.59. The topological polar surface area (TPSA) is 29.5 Å². The smallest absolute Gasteiger partial charge is 0.264 e. The summed E-state index contributed by atoms with van der Waals surface area (Å²) in [6, 6.07) is 3.92. The Kier molecular flexibility index (Phi) is 2.23. The molecular formula is C10H10BrNO2. The van der Waals surface area contributed by atoms with Gasteiger partial charge in [-0.05, 0) is 40.5 Å². The van der Waals surface area contributed by atoms with Gasteiger partial charge in [0.25, 0.3) is 5.91 Å². The van der Waals surface area contributed by atoms with E-state index in [2.05, 4.69) is 15.9 Å². The van der Waals surface area contributed by atoms with Crippen LogP contribution in [0.3, 0.4) is 0 Å². The monoisotopic (exact) mass is 255 g/mol. The van der Waals surface area contributed by atoms with Crippen LogP contribution in [0.2, 0.25) is 0 Å². The molecule has 0 aromatic heterocycles. The summed E-state index contributed by atoms with van der Waals surface area (Å²) >= 11 is 3.42. The molecule has 1 aromatic rings. The number of likely N-dealkylation sites (N-methyl/N-ethyl adjacent to an activating group) is 1. The summed E-state index contributed by atoms with van der Waals surface area (Å²) in [5.41, 5.74) is 1.92. The summed E-state index contributed by atoms with van der Waals surface area (Å²) in [5.74, 6) is 0.729. The number of ether oxygens (including phenoxy) is 1. The van der Waals surface area contributed by atoms with Gasteiger partial charge in [-0.15, -0.1) is 0 Å². The average Bonchev–Trinajstić information content (AvgIpc) is 2.12. The zero-order valence-electron chi connectivity index (χ0n) is 8.00. The predicted molar refractivity (Wildman–Crippen MR) is 57.8 cm³/mol. The van der Waals surface area contributed by atoms with Crippen LogP contribution in [0.15, 0.2) is 16.6 Å². The Morgan fingerprint density at radius 3 is 2.93 bits per heavy atom. The first-order valence-corrected chi connectivity index (χ1v) is 5.08. The van der Waals surface area contributed by atoms with Crippen molar-refractivity contribution in [2.24, 2.45) is 0 Å². The van der Waals surface area contributed by atoms with E-state index < -0.39 is 0 Å². The Labute approximate surface area is 90.8 Å². The molecule has 2 rings (SSSR count). The van der Waals surface area contributed by atoms with Gasteiger partial charge in [0.15, 0.2) is 12.4 Å². The first-order valence-electron chi connectivity index (χ1n) is 4.29. The summed E-state index contributed by atoms with van der Waals surface area (Å²) in [6.07, 6.45) is 0. The van der Waals surface area contributed by atoms with E-state index in [-0.39, 0.29) is 12.5 Å². The van der Waals surface area contributed by atoms with Crippen LogP contribution in [0.1, 0.15) is 5.56 Å². The molecule has 74 valence electrons. The number of nitrogens with zero attached hydrogens (tertiary/aromatic N) is 1. The second kappa shape index (κ2) is 3.28. The summed E-state index contributed by atoms with van der Waals surface area (Å²) in [4.78, 5) is 13.0. The van der Waals surface area contributed by atoms with Crippen molar-refractivity contribution in [3.05, 3.63) is 22.2 Å². The molecule has 0 atom stereocenters. The molecule has 1 heterocycles. The molecule has 0 fully saturated rings. The molecule has 1 aliphatic rings. The number of hydrogen-bond donors (Lipinski definition) is 0. The van der Waals surface area contributed by atoms with E-state index in [9.17, 15) is 4.79 Å². The molecular weight excluding hydrogens is 246 g/mol. The van der Waals surface area contributed by atoms with Crippen LogP contribution >= 0.6 is 15.9 Å². The van der Waals surface area contributed by atoms with E-state index in [0.29, 0.717) is 0 Å². The maximum atomic E-state index is 11.4. The number of carbonyl (C=O) groups is 1. The molecule has 0 saturated heterocycles. The molecule has 14 heavy (non-hydrogen) atoms. The van der Waals surface area contributed by atoms with Crippen molar-refractivity contribution in [3.63, 3.8) is 0 Å². The lowest BCUT2D eigenvalue weighted by Crippen LogP contribution is -2.35. The molecule has 0 radical (unpaired) electrons. The number of aryl methyl sites for hydroxylation is 1. The van der Waals surface area contributed by atoms with Crippen LogP contribution in [-0.4, -0.2) is 19.6 Å². The largest absolute Gasteiger partial charge is 0.480 e. The lowest BCUT2D eigenvalue weighted by molar-refractivity contribution is -0.121. The van der Waals surface area contributed by atoms with Crippen molar-refractivity contribution < 1.29 is 9.53 Å². The number of hydrogen-bond acceptors (Lipinski definition) is 2. The fraction of sp³-hybridized carbons (Fsp3) is 0.300. The first kappa shape index (κ1) is 9.52.